The van der Waals surface area contributed by atoms with Gasteiger partial charge in [-0.15, -0.1) is 0 Å². The summed E-state index contributed by atoms with van der Waals surface area (Å²) in [4.78, 5) is 14.3. The molecule has 3 aromatic rings. The number of allylic oxidation sites excluding steroid dienone is 2. The number of sulfonamides is 1. The van der Waals surface area contributed by atoms with Crippen molar-refractivity contribution in [1.29, 1.82) is 0 Å². The molecule has 2 saturated carbocycles. The number of unbranched alkanes of at least 4 members (excludes halogenated alkanes) is 1. The van der Waals surface area contributed by atoms with Crippen LogP contribution in [0.5, 0.6) is 0 Å². The van der Waals surface area contributed by atoms with Gasteiger partial charge in [0.1, 0.15) is 0 Å². The number of carbonyl (C=O) groups is 1. The zero-order valence-corrected chi connectivity index (χ0v) is 20.5. The van der Waals surface area contributed by atoms with E-state index in [1.54, 1.807) is 12.1 Å². The molecule has 2 aromatic carbocycles. The van der Waals surface area contributed by atoms with Gasteiger partial charge in [-0.25, -0.2) is 13.1 Å². The smallest absolute Gasteiger partial charge is 0.303 e. The lowest BCUT2D eigenvalue weighted by molar-refractivity contribution is -0.137. The van der Waals surface area contributed by atoms with Gasteiger partial charge in [0, 0.05) is 29.1 Å². The lowest BCUT2D eigenvalue weighted by Crippen LogP contribution is -2.43. The molecule has 2 fully saturated rings. The number of rotatable bonds is 10. The third-order valence-electron chi connectivity index (χ3n) is 7.70. The lowest BCUT2D eigenvalue weighted by atomic mass is 9.83. The van der Waals surface area contributed by atoms with Crippen molar-refractivity contribution in [2.45, 2.75) is 55.9 Å². The number of benzene rings is 2. The predicted octanol–water partition coefficient (Wildman–Crippen LogP) is 5.73. The molecule has 0 saturated heterocycles. The monoisotopic (exact) mass is 492 g/mol. The summed E-state index contributed by atoms with van der Waals surface area (Å²) in [6.07, 6.45) is 9.87. The summed E-state index contributed by atoms with van der Waals surface area (Å²) in [5.74, 6) is 0.461. The normalized spacial score (nSPS) is 24.0. The molecule has 2 bridgehead atoms. The number of aromatic nitrogens is 1. The van der Waals surface area contributed by atoms with Gasteiger partial charge in [-0.05, 0) is 80.0 Å². The Hall–Kier alpha value is -2.90. The van der Waals surface area contributed by atoms with Crippen LogP contribution in [-0.4, -0.2) is 30.5 Å². The molecule has 0 unspecified atom stereocenters. The van der Waals surface area contributed by atoms with Gasteiger partial charge in [0.2, 0.25) is 10.0 Å². The van der Waals surface area contributed by atoms with Gasteiger partial charge in [0.05, 0.1) is 4.90 Å². The van der Waals surface area contributed by atoms with E-state index in [1.807, 2.05) is 48.5 Å². The van der Waals surface area contributed by atoms with E-state index in [0.717, 1.165) is 54.3 Å². The van der Waals surface area contributed by atoms with Crippen molar-refractivity contribution in [3.8, 4) is 11.3 Å². The first-order valence-electron chi connectivity index (χ1n) is 12.5. The SMILES string of the molecule is O=C(O)CCC/C=C\C[C@@H]1[C@H]2CC[C@H](C2)[C@H]1NS(=O)(=O)c1ccc2cc(-c3ccccc3)[nH]c2c1. The quantitative estimate of drug-likeness (QED) is 0.249. The molecule has 3 N–H and O–H groups in total. The molecule has 4 atom stereocenters. The highest BCUT2D eigenvalue weighted by atomic mass is 32.2. The second-order valence-corrected chi connectivity index (χ2v) is 11.6. The van der Waals surface area contributed by atoms with Gasteiger partial charge in [-0.3, -0.25) is 4.79 Å². The first kappa shape index (κ1) is 23.8. The van der Waals surface area contributed by atoms with Crippen LogP contribution in [0.15, 0.2) is 71.6 Å². The molecule has 0 radical (unpaired) electrons. The second kappa shape index (κ2) is 9.99. The van der Waals surface area contributed by atoms with Crippen molar-refractivity contribution in [2.75, 3.05) is 0 Å². The number of nitrogens with one attached hydrogen (secondary N) is 2. The Bertz CT molecular complexity index is 1330. The highest BCUT2D eigenvalue weighted by Gasteiger charge is 2.48. The summed E-state index contributed by atoms with van der Waals surface area (Å²) in [5.41, 5.74) is 2.83. The summed E-state index contributed by atoms with van der Waals surface area (Å²) >= 11 is 0. The molecule has 1 aromatic heterocycles. The van der Waals surface area contributed by atoms with Crippen molar-refractivity contribution in [1.82, 2.24) is 9.71 Å². The summed E-state index contributed by atoms with van der Waals surface area (Å²) in [6, 6.07) is 17.3. The average Bonchev–Trinajstić information content (AvgIpc) is 3.56. The van der Waals surface area contributed by atoms with E-state index in [0.29, 0.717) is 18.3 Å². The number of hydrogen-bond donors (Lipinski definition) is 3. The van der Waals surface area contributed by atoms with Gasteiger partial charge < -0.3 is 10.1 Å². The van der Waals surface area contributed by atoms with Crippen LogP contribution in [0.2, 0.25) is 0 Å². The first-order valence-corrected chi connectivity index (χ1v) is 14.0. The minimum atomic E-state index is -3.65. The maximum absolute atomic E-state index is 13.4. The fourth-order valence-corrected chi connectivity index (χ4v) is 7.35. The Labute approximate surface area is 206 Å². The van der Waals surface area contributed by atoms with Crippen LogP contribution in [0.3, 0.4) is 0 Å². The molecule has 0 spiro atoms. The predicted molar refractivity (Wildman–Crippen MR) is 137 cm³/mol. The largest absolute Gasteiger partial charge is 0.481 e. The number of hydrogen-bond acceptors (Lipinski definition) is 3. The number of H-pyrrole nitrogens is 1. The van der Waals surface area contributed by atoms with Crippen molar-refractivity contribution in [3.05, 3.63) is 66.7 Å². The molecule has 0 aliphatic heterocycles. The highest BCUT2D eigenvalue weighted by Crippen LogP contribution is 2.50. The minimum absolute atomic E-state index is 0.0540. The van der Waals surface area contributed by atoms with Crippen LogP contribution in [-0.2, 0) is 14.8 Å². The average molecular weight is 493 g/mol. The van der Waals surface area contributed by atoms with Crippen molar-refractivity contribution >= 4 is 26.9 Å². The fourth-order valence-electron chi connectivity index (χ4n) is 5.97. The number of carboxylic acids is 1. The number of carboxylic acid groups (broad SMARTS) is 1. The fraction of sp³-hybridized carbons (Fsp3) is 0.393. The molecule has 35 heavy (non-hydrogen) atoms. The van der Waals surface area contributed by atoms with Gasteiger partial charge in [0.25, 0.3) is 0 Å². The molecule has 1 heterocycles. The molecular formula is C28H32N2O4S. The maximum Gasteiger partial charge on any atom is 0.303 e. The van der Waals surface area contributed by atoms with Crippen LogP contribution in [0.25, 0.3) is 22.2 Å². The molecule has 2 aliphatic carbocycles. The molecule has 5 rings (SSSR count). The lowest BCUT2D eigenvalue weighted by Gasteiger charge is -2.31. The number of aromatic amines is 1. The van der Waals surface area contributed by atoms with E-state index in [9.17, 15) is 13.2 Å². The van der Waals surface area contributed by atoms with E-state index in [2.05, 4.69) is 15.8 Å². The molecule has 6 nitrogen and oxygen atoms in total. The first-order chi connectivity index (χ1) is 16.9. The summed E-state index contributed by atoms with van der Waals surface area (Å²) in [6.45, 7) is 0. The molecule has 2 aliphatic rings. The van der Waals surface area contributed by atoms with E-state index in [4.69, 9.17) is 5.11 Å². The van der Waals surface area contributed by atoms with Gasteiger partial charge in [-0.2, -0.15) is 0 Å². The van der Waals surface area contributed by atoms with Crippen LogP contribution < -0.4 is 4.72 Å². The number of fused-ring (bicyclic) bond motifs is 3. The molecular weight excluding hydrogens is 460 g/mol. The van der Waals surface area contributed by atoms with Crippen molar-refractivity contribution in [3.63, 3.8) is 0 Å². The molecule has 184 valence electrons. The molecule has 7 heteroatoms. The minimum Gasteiger partial charge on any atom is -0.481 e. The van der Waals surface area contributed by atoms with Crippen LogP contribution in [0, 0.1) is 17.8 Å². The Kier molecular flexibility index (Phi) is 6.80. The van der Waals surface area contributed by atoms with E-state index >= 15 is 0 Å². The standard InChI is InChI=1S/C28H32N2O4S/c31-27(32)11-7-2-1-6-10-24-20-12-13-22(16-20)28(24)30-35(33,34)23-15-14-21-17-25(29-26(21)18-23)19-8-4-3-5-9-19/h1,3-6,8-9,14-15,17-18,20,22,24,28-30H,2,7,10-13,16H2,(H,31,32)/b6-1-/t20-,22+,24+,28+/m0/s1. The second-order valence-electron chi connectivity index (χ2n) is 9.94. The van der Waals surface area contributed by atoms with Gasteiger partial charge in [-0.1, -0.05) is 48.6 Å². The Morgan fingerprint density at radius 2 is 1.86 bits per heavy atom. The Morgan fingerprint density at radius 3 is 2.66 bits per heavy atom. The van der Waals surface area contributed by atoms with Crippen LogP contribution in [0.1, 0.15) is 44.9 Å². The van der Waals surface area contributed by atoms with E-state index < -0.39 is 16.0 Å². The van der Waals surface area contributed by atoms with E-state index in [-0.39, 0.29) is 23.3 Å². The topological polar surface area (TPSA) is 99.3 Å². The van der Waals surface area contributed by atoms with Gasteiger partial charge >= 0.3 is 5.97 Å². The number of aliphatic carboxylic acids is 1. The molecule has 0 amide bonds. The Morgan fingerprint density at radius 1 is 1.06 bits per heavy atom. The summed E-state index contributed by atoms with van der Waals surface area (Å²) in [7, 11) is -3.65. The summed E-state index contributed by atoms with van der Waals surface area (Å²) < 4.78 is 29.9. The third-order valence-corrected chi connectivity index (χ3v) is 9.16. The highest BCUT2D eigenvalue weighted by molar-refractivity contribution is 7.89. The zero-order valence-electron chi connectivity index (χ0n) is 19.7. The zero-order chi connectivity index (χ0) is 24.4. The Balaban J connectivity index is 1.30. The van der Waals surface area contributed by atoms with Gasteiger partial charge in [0.15, 0.2) is 0 Å². The summed E-state index contributed by atoms with van der Waals surface area (Å²) in [5, 5.41) is 9.75. The van der Waals surface area contributed by atoms with Crippen LogP contribution in [0.4, 0.5) is 0 Å². The van der Waals surface area contributed by atoms with Crippen molar-refractivity contribution in [2.24, 2.45) is 17.8 Å². The van der Waals surface area contributed by atoms with E-state index in [1.165, 1.54) is 0 Å². The van der Waals surface area contributed by atoms with Crippen molar-refractivity contribution < 1.29 is 18.3 Å². The maximum atomic E-state index is 13.4. The third kappa shape index (κ3) is 5.21. The van der Waals surface area contributed by atoms with Crippen LogP contribution >= 0.6 is 0 Å².